The molecule has 25 heavy (non-hydrogen) atoms. The smallest absolute Gasteiger partial charge is 0.382 e. The number of carbonyl (C=O) groups is 2. The number of likely N-dealkylation sites (tertiary alicyclic amines) is 1. The van der Waals surface area contributed by atoms with Gasteiger partial charge < -0.3 is 19.9 Å². The molecule has 7 nitrogen and oxygen atoms in total. The molecule has 0 radical (unpaired) electrons. The summed E-state index contributed by atoms with van der Waals surface area (Å²) >= 11 is 0. The minimum absolute atomic E-state index is 0.0662. The Bertz CT molecular complexity index is 731. The Labute approximate surface area is 141 Å². The van der Waals surface area contributed by atoms with Crippen molar-refractivity contribution in [3.05, 3.63) is 33.7 Å². The maximum absolute atomic E-state index is 12.7. The van der Waals surface area contributed by atoms with Gasteiger partial charge in [-0.2, -0.15) is 13.2 Å². The average molecular weight is 361 g/mol. The lowest BCUT2D eigenvalue weighted by molar-refractivity contribution is -0.138. The van der Waals surface area contributed by atoms with Crippen LogP contribution in [0.4, 0.5) is 13.2 Å². The normalized spacial score (nSPS) is 20.6. The fourth-order valence-corrected chi connectivity index (χ4v) is 3.06. The van der Waals surface area contributed by atoms with Crippen molar-refractivity contribution in [3.63, 3.8) is 0 Å². The monoisotopic (exact) mass is 361 g/mol. The Morgan fingerprint density at radius 1 is 1.40 bits per heavy atom. The van der Waals surface area contributed by atoms with E-state index in [4.69, 9.17) is 4.74 Å². The summed E-state index contributed by atoms with van der Waals surface area (Å²) < 4.78 is 43.1. The molecule has 1 atom stereocenters. The van der Waals surface area contributed by atoms with E-state index >= 15 is 0 Å². The van der Waals surface area contributed by atoms with Crippen molar-refractivity contribution in [1.29, 1.82) is 0 Å². The van der Waals surface area contributed by atoms with Crippen molar-refractivity contribution >= 4 is 11.8 Å². The van der Waals surface area contributed by atoms with Crippen LogP contribution in [0.3, 0.4) is 0 Å². The van der Waals surface area contributed by atoms with Crippen LogP contribution < -0.4 is 10.9 Å². The van der Waals surface area contributed by atoms with E-state index in [-0.39, 0.29) is 18.8 Å². The second-order valence-corrected chi connectivity index (χ2v) is 5.72. The SMILES string of the molecule is CNC(=O)C1(COC)CCCN1C(=O)c1ccc(C(F)(F)F)c(=O)[nH]1. The number of methoxy groups -OCH3 is 1. The molecular formula is C15H18F3N3O4. The summed E-state index contributed by atoms with van der Waals surface area (Å²) in [5.74, 6) is -1.17. The fourth-order valence-electron chi connectivity index (χ4n) is 3.06. The molecule has 1 fully saturated rings. The number of carbonyl (C=O) groups excluding carboxylic acids is 2. The highest BCUT2D eigenvalue weighted by Gasteiger charge is 2.50. The van der Waals surface area contributed by atoms with Crippen LogP contribution in [-0.2, 0) is 15.7 Å². The Hall–Kier alpha value is -2.36. The van der Waals surface area contributed by atoms with Gasteiger partial charge in [-0.25, -0.2) is 0 Å². The standard InChI is InChI=1S/C15H18F3N3O4/c1-19-13(24)14(8-25-2)6-3-7-21(14)12(23)10-5-4-9(11(22)20-10)15(16,17)18/h4-5H,3,6-8H2,1-2H3,(H,19,24)(H,20,22). The molecule has 1 aliphatic rings. The number of H-pyrrole nitrogens is 1. The highest BCUT2D eigenvalue weighted by Crippen LogP contribution is 2.32. The number of pyridine rings is 1. The van der Waals surface area contributed by atoms with Crippen molar-refractivity contribution in [2.45, 2.75) is 24.6 Å². The molecule has 0 aliphatic carbocycles. The number of halogens is 3. The summed E-state index contributed by atoms with van der Waals surface area (Å²) in [5, 5.41) is 2.48. The Kier molecular flexibility index (Phi) is 5.21. The Morgan fingerprint density at radius 2 is 2.08 bits per heavy atom. The quantitative estimate of drug-likeness (QED) is 0.828. The van der Waals surface area contributed by atoms with E-state index in [0.29, 0.717) is 18.9 Å². The van der Waals surface area contributed by atoms with Gasteiger partial charge in [0.25, 0.3) is 11.5 Å². The number of rotatable bonds is 4. The van der Waals surface area contributed by atoms with Crippen molar-refractivity contribution in [1.82, 2.24) is 15.2 Å². The molecule has 2 amide bonds. The Balaban J connectivity index is 2.40. The number of hydrogen-bond donors (Lipinski definition) is 2. The molecule has 1 saturated heterocycles. The summed E-state index contributed by atoms with van der Waals surface area (Å²) in [6.07, 6.45) is -3.95. The van der Waals surface area contributed by atoms with Gasteiger partial charge in [0.2, 0.25) is 5.91 Å². The van der Waals surface area contributed by atoms with Crippen LogP contribution in [0, 0.1) is 0 Å². The largest absolute Gasteiger partial charge is 0.421 e. The summed E-state index contributed by atoms with van der Waals surface area (Å²) in [7, 11) is 2.80. The summed E-state index contributed by atoms with van der Waals surface area (Å²) in [4.78, 5) is 39.8. The maximum Gasteiger partial charge on any atom is 0.421 e. The summed E-state index contributed by atoms with van der Waals surface area (Å²) in [6.45, 7) is 0.155. The number of aromatic amines is 1. The second kappa shape index (κ2) is 6.87. The highest BCUT2D eigenvalue weighted by molar-refractivity contribution is 5.98. The first-order valence-electron chi connectivity index (χ1n) is 7.51. The van der Waals surface area contributed by atoms with Crippen LogP contribution in [0.25, 0.3) is 0 Å². The topological polar surface area (TPSA) is 91.5 Å². The zero-order valence-corrected chi connectivity index (χ0v) is 13.7. The number of hydrogen-bond acceptors (Lipinski definition) is 4. The van der Waals surface area contributed by atoms with E-state index in [1.165, 1.54) is 19.1 Å². The third kappa shape index (κ3) is 3.39. The molecule has 0 bridgehead atoms. The first kappa shape index (κ1) is 19.0. The van der Waals surface area contributed by atoms with Crippen LogP contribution in [0.5, 0.6) is 0 Å². The van der Waals surface area contributed by atoms with Gasteiger partial charge >= 0.3 is 6.18 Å². The molecule has 2 N–H and O–H groups in total. The number of nitrogens with one attached hydrogen (secondary N) is 2. The number of aromatic nitrogens is 1. The molecule has 2 rings (SSSR count). The molecular weight excluding hydrogens is 343 g/mol. The lowest BCUT2D eigenvalue weighted by Crippen LogP contribution is -2.59. The lowest BCUT2D eigenvalue weighted by Gasteiger charge is -2.36. The number of alkyl halides is 3. The van der Waals surface area contributed by atoms with Gasteiger partial charge in [0.1, 0.15) is 16.8 Å². The van der Waals surface area contributed by atoms with Gasteiger partial charge in [-0.3, -0.25) is 14.4 Å². The van der Waals surface area contributed by atoms with E-state index in [0.717, 1.165) is 6.07 Å². The molecule has 0 aromatic carbocycles. The van der Waals surface area contributed by atoms with Crippen molar-refractivity contribution in [2.24, 2.45) is 0 Å². The molecule has 1 aromatic rings. The van der Waals surface area contributed by atoms with Gasteiger partial charge in [-0.15, -0.1) is 0 Å². The van der Waals surface area contributed by atoms with E-state index in [1.807, 2.05) is 4.98 Å². The van der Waals surface area contributed by atoms with Gasteiger partial charge in [0, 0.05) is 20.7 Å². The Morgan fingerprint density at radius 3 is 2.60 bits per heavy atom. The van der Waals surface area contributed by atoms with Gasteiger partial charge in [-0.05, 0) is 25.0 Å². The van der Waals surface area contributed by atoms with Crippen LogP contribution >= 0.6 is 0 Å². The maximum atomic E-state index is 12.7. The van der Waals surface area contributed by atoms with Gasteiger partial charge in [-0.1, -0.05) is 0 Å². The van der Waals surface area contributed by atoms with Crippen molar-refractivity contribution in [3.8, 4) is 0 Å². The van der Waals surface area contributed by atoms with Crippen LogP contribution in [0.2, 0.25) is 0 Å². The molecule has 1 aromatic heterocycles. The molecule has 2 heterocycles. The minimum atomic E-state index is -4.81. The fraction of sp³-hybridized carbons (Fsp3) is 0.533. The van der Waals surface area contributed by atoms with Crippen molar-refractivity contribution < 1.29 is 27.5 Å². The van der Waals surface area contributed by atoms with E-state index < -0.39 is 34.7 Å². The molecule has 1 aliphatic heterocycles. The first-order valence-corrected chi connectivity index (χ1v) is 7.51. The molecule has 138 valence electrons. The third-order valence-electron chi connectivity index (χ3n) is 4.21. The van der Waals surface area contributed by atoms with E-state index in [2.05, 4.69) is 5.32 Å². The van der Waals surface area contributed by atoms with Gasteiger partial charge in [0.15, 0.2) is 0 Å². The predicted octanol–water partition coefficient (Wildman–Crippen LogP) is 0.761. The third-order valence-corrected chi connectivity index (χ3v) is 4.21. The van der Waals surface area contributed by atoms with Crippen LogP contribution in [0.1, 0.15) is 28.9 Å². The second-order valence-electron chi connectivity index (χ2n) is 5.72. The summed E-state index contributed by atoms with van der Waals surface area (Å²) in [6, 6.07) is 1.45. The molecule has 1 unspecified atom stereocenters. The average Bonchev–Trinajstić information content (AvgIpc) is 2.97. The number of nitrogens with zero attached hydrogens (tertiary/aromatic N) is 1. The minimum Gasteiger partial charge on any atom is -0.382 e. The summed E-state index contributed by atoms with van der Waals surface area (Å²) in [5.41, 5.74) is -4.38. The van der Waals surface area contributed by atoms with E-state index in [9.17, 15) is 27.6 Å². The zero-order valence-electron chi connectivity index (χ0n) is 13.7. The number of amides is 2. The molecule has 0 spiro atoms. The van der Waals surface area contributed by atoms with Crippen molar-refractivity contribution in [2.75, 3.05) is 27.3 Å². The van der Waals surface area contributed by atoms with Gasteiger partial charge in [0.05, 0.1) is 6.61 Å². The first-order chi connectivity index (χ1) is 11.7. The van der Waals surface area contributed by atoms with Crippen LogP contribution in [0.15, 0.2) is 16.9 Å². The lowest BCUT2D eigenvalue weighted by atomic mass is 9.95. The number of likely N-dealkylation sites (N-methyl/N-ethyl adjacent to an activating group) is 1. The highest BCUT2D eigenvalue weighted by atomic mass is 19.4. The number of ether oxygens (including phenoxy) is 1. The van der Waals surface area contributed by atoms with Crippen LogP contribution in [-0.4, -0.2) is 54.5 Å². The molecule has 10 heteroatoms. The molecule has 0 saturated carbocycles. The zero-order chi connectivity index (χ0) is 18.8. The van der Waals surface area contributed by atoms with E-state index in [1.54, 1.807) is 0 Å². The predicted molar refractivity (Wildman–Crippen MR) is 81.0 cm³/mol.